The summed E-state index contributed by atoms with van der Waals surface area (Å²) in [6.45, 7) is 6.59. The first kappa shape index (κ1) is 48.4. The lowest BCUT2D eigenvalue weighted by atomic mass is 9.67. The maximum absolute atomic E-state index is 2.37. The number of benzene rings is 12. The summed E-state index contributed by atoms with van der Waals surface area (Å²) in [6.07, 6.45) is 0. The van der Waals surface area contributed by atoms with Crippen LogP contribution in [0.2, 0.25) is 0 Å². The largest absolute Gasteiger partial charge is 0.311 e. The number of fused-ring (bicyclic) bond motifs is 3. The number of anilines is 3. The highest BCUT2D eigenvalue weighted by atomic mass is 15.1. The molecule has 0 bridgehead atoms. The molecule has 0 atom stereocenters. The Labute approximate surface area is 454 Å². The van der Waals surface area contributed by atoms with E-state index < -0.39 is 0 Å². The average molecular weight is 986 g/mol. The van der Waals surface area contributed by atoms with Gasteiger partial charge in [-0.2, -0.15) is 0 Å². The van der Waals surface area contributed by atoms with Gasteiger partial charge in [0, 0.05) is 17.1 Å². The SMILES string of the molecule is Cc1ccc2c(c1)C(c1ccccc1)(c1ccccc1)c1ccccc1-2.Cc1ccccc1-c1ccc(-c2ccccc2-c2ccc(N(c3ccc(-c4ccccc4)cc3)c3ccc(-c4ccccc4)cc3)cc2)cc1C. The summed E-state index contributed by atoms with van der Waals surface area (Å²) in [4.78, 5) is 2.34. The lowest BCUT2D eigenvalue weighted by molar-refractivity contribution is 0.767. The maximum atomic E-state index is 2.37. The van der Waals surface area contributed by atoms with E-state index >= 15 is 0 Å². The van der Waals surface area contributed by atoms with E-state index in [2.05, 4.69) is 329 Å². The highest BCUT2D eigenvalue weighted by Crippen LogP contribution is 2.56. The molecule has 0 N–H and O–H groups in total. The molecule has 0 aliphatic heterocycles. The zero-order valence-electron chi connectivity index (χ0n) is 43.8. The van der Waals surface area contributed by atoms with Crippen LogP contribution in [-0.2, 0) is 5.41 Å². The van der Waals surface area contributed by atoms with Crippen LogP contribution in [0, 0.1) is 20.8 Å². The topological polar surface area (TPSA) is 3.24 Å². The van der Waals surface area contributed by atoms with Crippen molar-refractivity contribution in [2.75, 3.05) is 4.90 Å². The Kier molecular flexibility index (Phi) is 13.4. The molecule has 0 heterocycles. The smallest absolute Gasteiger partial charge is 0.0713 e. The summed E-state index contributed by atoms with van der Waals surface area (Å²) in [5.41, 5.74) is 27.3. The highest BCUT2D eigenvalue weighted by Gasteiger charge is 2.45. The lowest BCUT2D eigenvalue weighted by Gasteiger charge is -2.34. The van der Waals surface area contributed by atoms with E-state index in [1.165, 1.54) is 106 Å². The fourth-order valence-corrected chi connectivity index (χ4v) is 11.7. The van der Waals surface area contributed by atoms with Crippen molar-refractivity contribution in [2.24, 2.45) is 0 Å². The van der Waals surface area contributed by atoms with Crippen molar-refractivity contribution in [2.45, 2.75) is 26.2 Å². The van der Waals surface area contributed by atoms with Gasteiger partial charge in [-0.25, -0.2) is 0 Å². The first-order valence-corrected chi connectivity index (χ1v) is 26.7. The normalized spacial score (nSPS) is 11.9. The third kappa shape index (κ3) is 9.39. The molecule has 1 aliphatic rings. The van der Waals surface area contributed by atoms with Crippen LogP contribution < -0.4 is 4.90 Å². The molecule has 13 rings (SSSR count). The van der Waals surface area contributed by atoms with Crippen LogP contribution in [0.15, 0.2) is 303 Å². The number of aryl methyl sites for hydroxylation is 3. The molecular formula is C76H59N. The van der Waals surface area contributed by atoms with Gasteiger partial charge in [-0.05, 0) is 157 Å². The Morgan fingerprint density at radius 2 is 0.597 bits per heavy atom. The minimum Gasteiger partial charge on any atom is -0.311 e. The van der Waals surface area contributed by atoms with Crippen LogP contribution in [0.25, 0.3) is 66.8 Å². The molecule has 0 aromatic heterocycles. The number of rotatable bonds is 10. The molecule has 1 aliphatic carbocycles. The van der Waals surface area contributed by atoms with Crippen molar-refractivity contribution in [1.29, 1.82) is 0 Å². The molecule has 1 nitrogen and oxygen atoms in total. The van der Waals surface area contributed by atoms with E-state index in [1.807, 2.05) is 0 Å². The summed E-state index contributed by atoms with van der Waals surface area (Å²) in [5.74, 6) is 0. The van der Waals surface area contributed by atoms with Crippen LogP contribution in [0.5, 0.6) is 0 Å². The van der Waals surface area contributed by atoms with Gasteiger partial charge < -0.3 is 4.90 Å². The molecule has 0 fully saturated rings. The molecule has 0 radical (unpaired) electrons. The van der Waals surface area contributed by atoms with Gasteiger partial charge in [0.15, 0.2) is 0 Å². The molecule has 0 saturated carbocycles. The standard InChI is InChI=1S/C50H39N.C26H20/c1-36-13-9-10-18-47(36)48-34-27-43(35-37(48)2)50-20-12-11-19-49(50)42-25-32-46(33-26-42)51(44-28-21-40(22-29-44)38-14-5-3-6-15-38)45-30-23-41(24-31-45)39-16-7-4-8-17-39;1-19-16-17-23-22-14-8-9-15-24(22)26(25(23)18-19,20-10-4-2-5-11-20)21-12-6-3-7-13-21/h3-35H,1-2H3;2-18H,1H3. The van der Waals surface area contributed by atoms with Crippen LogP contribution >= 0.6 is 0 Å². The summed E-state index contributed by atoms with van der Waals surface area (Å²) in [6, 6.07) is 110. The Morgan fingerprint density at radius 3 is 1.10 bits per heavy atom. The summed E-state index contributed by atoms with van der Waals surface area (Å²) in [7, 11) is 0. The van der Waals surface area contributed by atoms with Gasteiger partial charge in [0.2, 0.25) is 0 Å². The Bertz CT molecular complexity index is 3830. The fraction of sp³-hybridized carbons (Fsp3) is 0.0526. The maximum Gasteiger partial charge on any atom is 0.0713 e. The van der Waals surface area contributed by atoms with E-state index in [0.29, 0.717) is 0 Å². The minimum atomic E-state index is -0.263. The minimum absolute atomic E-state index is 0.263. The second-order valence-corrected chi connectivity index (χ2v) is 20.2. The molecule has 77 heavy (non-hydrogen) atoms. The van der Waals surface area contributed by atoms with Gasteiger partial charge in [-0.15, -0.1) is 0 Å². The van der Waals surface area contributed by atoms with Crippen molar-refractivity contribution >= 4 is 17.1 Å². The summed E-state index contributed by atoms with van der Waals surface area (Å²) in [5, 5.41) is 0. The molecule has 12 aromatic carbocycles. The van der Waals surface area contributed by atoms with Crippen LogP contribution in [0.4, 0.5) is 17.1 Å². The molecule has 0 amide bonds. The first-order chi connectivity index (χ1) is 37.9. The van der Waals surface area contributed by atoms with Crippen LogP contribution in [0.3, 0.4) is 0 Å². The summed E-state index contributed by atoms with van der Waals surface area (Å²) < 4.78 is 0. The third-order valence-electron chi connectivity index (χ3n) is 15.4. The Balaban J connectivity index is 0.000000191. The van der Waals surface area contributed by atoms with Crippen molar-refractivity contribution in [3.63, 3.8) is 0 Å². The van der Waals surface area contributed by atoms with E-state index in [4.69, 9.17) is 0 Å². The van der Waals surface area contributed by atoms with Crippen LogP contribution in [-0.4, -0.2) is 0 Å². The van der Waals surface area contributed by atoms with Gasteiger partial charge in [0.1, 0.15) is 0 Å². The zero-order chi connectivity index (χ0) is 52.1. The zero-order valence-corrected chi connectivity index (χ0v) is 43.8. The molecule has 368 valence electrons. The Hall–Kier alpha value is -9.56. The van der Waals surface area contributed by atoms with Crippen molar-refractivity contribution < 1.29 is 0 Å². The third-order valence-corrected chi connectivity index (χ3v) is 15.4. The van der Waals surface area contributed by atoms with Crippen molar-refractivity contribution in [3.8, 4) is 66.8 Å². The molecule has 0 saturated heterocycles. The molecule has 0 unspecified atom stereocenters. The van der Waals surface area contributed by atoms with E-state index in [0.717, 1.165) is 17.1 Å². The molecule has 1 heteroatoms. The second-order valence-electron chi connectivity index (χ2n) is 20.2. The van der Waals surface area contributed by atoms with Crippen LogP contribution in [0.1, 0.15) is 38.9 Å². The predicted octanol–water partition coefficient (Wildman–Crippen LogP) is 20.5. The van der Waals surface area contributed by atoms with Gasteiger partial charge in [0.05, 0.1) is 5.41 Å². The van der Waals surface area contributed by atoms with E-state index in [9.17, 15) is 0 Å². The summed E-state index contributed by atoms with van der Waals surface area (Å²) >= 11 is 0. The van der Waals surface area contributed by atoms with Gasteiger partial charge in [-0.1, -0.05) is 272 Å². The average Bonchev–Trinajstić information content (AvgIpc) is 3.88. The molecule has 12 aromatic rings. The van der Waals surface area contributed by atoms with E-state index in [1.54, 1.807) is 0 Å². The predicted molar refractivity (Wildman–Crippen MR) is 326 cm³/mol. The lowest BCUT2D eigenvalue weighted by Crippen LogP contribution is -2.28. The van der Waals surface area contributed by atoms with E-state index in [-0.39, 0.29) is 5.41 Å². The quantitative estimate of drug-likeness (QED) is 0.132. The monoisotopic (exact) mass is 985 g/mol. The number of nitrogens with zero attached hydrogens (tertiary/aromatic N) is 1. The van der Waals surface area contributed by atoms with Crippen molar-refractivity contribution in [1.82, 2.24) is 0 Å². The van der Waals surface area contributed by atoms with Gasteiger partial charge in [0.25, 0.3) is 0 Å². The highest BCUT2D eigenvalue weighted by molar-refractivity contribution is 5.89. The molecular weight excluding hydrogens is 927 g/mol. The fourth-order valence-electron chi connectivity index (χ4n) is 11.7. The second kappa shape index (κ2) is 21.4. The van der Waals surface area contributed by atoms with Crippen molar-refractivity contribution in [3.05, 3.63) is 342 Å². The number of hydrogen-bond acceptors (Lipinski definition) is 1. The molecule has 0 spiro atoms. The van der Waals surface area contributed by atoms with Gasteiger partial charge in [-0.3, -0.25) is 0 Å². The first-order valence-electron chi connectivity index (χ1n) is 26.7. The Morgan fingerprint density at radius 1 is 0.234 bits per heavy atom. The number of hydrogen-bond donors (Lipinski definition) is 0. The van der Waals surface area contributed by atoms with Gasteiger partial charge >= 0.3 is 0 Å².